The third-order valence-corrected chi connectivity index (χ3v) is 6.44. The summed E-state index contributed by atoms with van der Waals surface area (Å²) in [6.07, 6.45) is 0. The molecule has 0 saturated carbocycles. The molecule has 29 heavy (non-hydrogen) atoms. The Bertz CT molecular complexity index is 847. The second-order valence-electron chi connectivity index (χ2n) is 8.33. The first kappa shape index (κ1) is 18.8. The van der Waals surface area contributed by atoms with E-state index in [1.54, 1.807) is 6.07 Å². The molecule has 0 spiro atoms. The van der Waals surface area contributed by atoms with Crippen molar-refractivity contribution < 1.29 is 18.8 Å². The number of rotatable bonds is 3. The van der Waals surface area contributed by atoms with Gasteiger partial charge in [0.15, 0.2) is 0 Å². The van der Waals surface area contributed by atoms with E-state index in [-0.39, 0.29) is 11.9 Å². The molecular formula is C22H27N3O4. The molecule has 154 valence electrons. The molecule has 1 amide bonds. The van der Waals surface area contributed by atoms with Gasteiger partial charge < -0.3 is 18.9 Å². The summed E-state index contributed by atoms with van der Waals surface area (Å²) in [6, 6.07) is 12.4. The van der Waals surface area contributed by atoms with Gasteiger partial charge in [0.25, 0.3) is 5.91 Å². The highest BCUT2D eigenvalue weighted by molar-refractivity contribution is 5.92. The number of aryl methyl sites for hydroxylation is 1. The van der Waals surface area contributed by atoms with E-state index in [0.29, 0.717) is 36.9 Å². The summed E-state index contributed by atoms with van der Waals surface area (Å²) in [5, 5.41) is 3.90. The fourth-order valence-electron chi connectivity index (χ4n) is 5.09. The minimum Gasteiger partial charge on any atom is -0.377 e. The Morgan fingerprint density at radius 3 is 2.52 bits per heavy atom. The van der Waals surface area contributed by atoms with Gasteiger partial charge in [-0.2, -0.15) is 0 Å². The van der Waals surface area contributed by atoms with E-state index in [2.05, 4.69) is 22.2 Å². The molecular weight excluding hydrogens is 370 g/mol. The molecule has 7 nitrogen and oxygen atoms in total. The van der Waals surface area contributed by atoms with E-state index in [4.69, 9.17) is 14.0 Å². The van der Waals surface area contributed by atoms with Crippen molar-refractivity contribution >= 4 is 5.91 Å². The van der Waals surface area contributed by atoms with E-state index in [1.807, 2.05) is 30.0 Å². The molecule has 0 unspecified atom stereocenters. The molecule has 0 bridgehead atoms. The molecule has 3 saturated heterocycles. The zero-order valence-electron chi connectivity index (χ0n) is 16.7. The quantitative estimate of drug-likeness (QED) is 0.791. The van der Waals surface area contributed by atoms with Crippen molar-refractivity contribution in [3.63, 3.8) is 0 Å². The summed E-state index contributed by atoms with van der Waals surface area (Å²) in [7, 11) is 0. The third kappa shape index (κ3) is 3.58. The van der Waals surface area contributed by atoms with Crippen LogP contribution in [0.3, 0.4) is 0 Å². The van der Waals surface area contributed by atoms with Gasteiger partial charge in [0.05, 0.1) is 44.2 Å². The first-order valence-corrected chi connectivity index (χ1v) is 10.4. The summed E-state index contributed by atoms with van der Waals surface area (Å²) in [5.41, 5.74) is 1.91. The average molecular weight is 397 g/mol. The highest BCUT2D eigenvalue weighted by atomic mass is 16.5. The fraction of sp³-hybridized carbons (Fsp3) is 0.545. The van der Waals surface area contributed by atoms with Crippen LogP contribution in [0.5, 0.6) is 0 Å². The predicted octanol–water partition coefficient (Wildman–Crippen LogP) is 2.14. The molecule has 3 aliphatic rings. The van der Waals surface area contributed by atoms with Crippen LogP contribution in [0, 0.1) is 18.8 Å². The Balaban J connectivity index is 1.40. The Morgan fingerprint density at radius 1 is 1.07 bits per heavy atom. The smallest absolute Gasteiger partial charge is 0.293 e. The Labute approximate surface area is 170 Å². The monoisotopic (exact) mass is 397 g/mol. The first-order valence-electron chi connectivity index (χ1n) is 10.4. The number of benzene rings is 1. The van der Waals surface area contributed by atoms with Gasteiger partial charge in [0.2, 0.25) is 5.76 Å². The normalized spacial score (nSPS) is 28.4. The second-order valence-corrected chi connectivity index (χ2v) is 8.33. The minimum absolute atomic E-state index is 0.0386. The van der Waals surface area contributed by atoms with Gasteiger partial charge in [-0.1, -0.05) is 35.5 Å². The maximum Gasteiger partial charge on any atom is 0.293 e. The third-order valence-electron chi connectivity index (χ3n) is 6.44. The van der Waals surface area contributed by atoms with Crippen molar-refractivity contribution in [2.24, 2.45) is 11.8 Å². The van der Waals surface area contributed by atoms with Gasteiger partial charge in [-0.15, -0.1) is 0 Å². The van der Waals surface area contributed by atoms with Crippen LogP contribution in [0.25, 0.3) is 0 Å². The number of hydrogen-bond donors (Lipinski definition) is 0. The SMILES string of the molecule is Cc1cc(C(=O)N2C[C@@H]3CN(C4COCCOC4)C[C@@H]3[C@H]2c2ccccc2)on1. The van der Waals surface area contributed by atoms with Gasteiger partial charge in [-0.3, -0.25) is 9.69 Å². The van der Waals surface area contributed by atoms with E-state index in [0.717, 1.165) is 38.5 Å². The summed E-state index contributed by atoms with van der Waals surface area (Å²) in [6.45, 7) is 7.25. The van der Waals surface area contributed by atoms with E-state index < -0.39 is 0 Å². The molecule has 3 atom stereocenters. The van der Waals surface area contributed by atoms with Gasteiger partial charge in [-0.05, 0) is 18.4 Å². The van der Waals surface area contributed by atoms with E-state index in [9.17, 15) is 4.79 Å². The molecule has 2 aromatic rings. The van der Waals surface area contributed by atoms with Crippen molar-refractivity contribution in [2.75, 3.05) is 46.1 Å². The van der Waals surface area contributed by atoms with Crippen LogP contribution in [0.4, 0.5) is 0 Å². The predicted molar refractivity (Wildman–Crippen MR) is 105 cm³/mol. The molecule has 4 heterocycles. The zero-order valence-corrected chi connectivity index (χ0v) is 16.7. The summed E-state index contributed by atoms with van der Waals surface area (Å²) in [4.78, 5) is 17.7. The Hall–Kier alpha value is -2.22. The molecule has 1 aromatic carbocycles. The lowest BCUT2D eigenvalue weighted by atomic mass is 9.89. The fourth-order valence-corrected chi connectivity index (χ4v) is 5.09. The van der Waals surface area contributed by atoms with Crippen LogP contribution in [-0.2, 0) is 9.47 Å². The summed E-state index contributed by atoms with van der Waals surface area (Å²) in [5.74, 6) is 1.07. The van der Waals surface area contributed by atoms with E-state index in [1.165, 1.54) is 5.56 Å². The number of amides is 1. The highest BCUT2D eigenvalue weighted by Gasteiger charge is 2.50. The second kappa shape index (κ2) is 7.89. The summed E-state index contributed by atoms with van der Waals surface area (Å²) < 4.78 is 16.7. The number of hydrogen-bond acceptors (Lipinski definition) is 6. The van der Waals surface area contributed by atoms with Crippen LogP contribution in [0.15, 0.2) is 40.9 Å². The Morgan fingerprint density at radius 2 is 1.83 bits per heavy atom. The van der Waals surface area contributed by atoms with Gasteiger partial charge in [0, 0.05) is 31.6 Å². The van der Waals surface area contributed by atoms with Crippen LogP contribution < -0.4 is 0 Å². The largest absolute Gasteiger partial charge is 0.377 e. The van der Waals surface area contributed by atoms with Gasteiger partial charge >= 0.3 is 0 Å². The number of likely N-dealkylation sites (tertiary alicyclic amines) is 2. The first-order chi connectivity index (χ1) is 14.2. The average Bonchev–Trinajstić information content (AvgIpc) is 3.36. The van der Waals surface area contributed by atoms with Crippen LogP contribution >= 0.6 is 0 Å². The maximum atomic E-state index is 13.2. The molecule has 0 radical (unpaired) electrons. The zero-order chi connectivity index (χ0) is 19.8. The maximum absolute atomic E-state index is 13.2. The molecule has 5 rings (SSSR count). The van der Waals surface area contributed by atoms with Crippen molar-refractivity contribution in [3.05, 3.63) is 53.4 Å². The topological polar surface area (TPSA) is 68.0 Å². The Kier molecular flexibility index (Phi) is 5.11. The standard InChI is InChI=1S/C22H27N3O4/c1-15-9-20(29-23-15)22(26)25-11-17-10-24(18-13-27-7-8-28-14-18)12-19(17)21(25)16-5-3-2-4-6-16/h2-6,9,17-19,21H,7-8,10-14H2,1H3/t17-,19-,21+/m0/s1. The minimum atomic E-state index is -0.0680. The van der Waals surface area contributed by atoms with Crippen molar-refractivity contribution in [1.29, 1.82) is 0 Å². The van der Waals surface area contributed by atoms with Gasteiger partial charge in [-0.25, -0.2) is 0 Å². The lowest BCUT2D eigenvalue weighted by Gasteiger charge is -2.31. The van der Waals surface area contributed by atoms with Gasteiger partial charge in [0.1, 0.15) is 0 Å². The number of aromatic nitrogens is 1. The summed E-state index contributed by atoms with van der Waals surface area (Å²) >= 11 is 0. The number of carbonyl (C=O) groups is 1. The molecule has 0 aliphatic carbocycles. The lowest BCUT2D eigenvalue weighted by molar-refractivity contribution is 0.0583. The van der Waals surface area contributed by atoms with Crippen LogP contribution in [-0.4, -0.2) is 73.0 Å². The number of ether oxygens (including phenoxy) is 2. The molecule has 0 N–H and O–H groups in total. The molecule has 7 heteroatoms. The number of nitrogens with zero attached hydrogens (tertiary/aromatic N) is 3. The number of carbonyl (C=O) groups excluding carboxylic acids is 1. The van der Waals surface area contributed by atoms with Crippen LogP contribution in [0.1, 0.15) is 27.9 Å². The lowest BCUT2D eigenvalue weighted by Crippen LogP contribution is -2.42. The number of fused-ring (bicyclic) bond motifs is 1. The molecule has 3 aliphatic heterocycles. The van der Waals surface area contributed by atoms with Crippen molar-refractivity contribution in [3.8, 4) is 0 Å². The van der Waals surface area contributed by atoms with Crippen LogP contribution in [0.2, 0.25) is 0 Å². The highest BCUT2D eigenvalue weighted by Crippen LogP contribution is 2.46. The van der Waals surface area contributed by atoms with Crippen molar-refractivity contribution in [1.82, 2.24) is 15.0 Å². The van der Waals surface area contributed by atoms with Crippen molar-refractivity contribution in [2.45, 2.75) is 19.0 Å². The molecule has 3 fully saturated rings. The van der Waals surface area contributed by atoms with E-state index >= 15 is 0 Å². The molecule has 1 aromatic heterocycles.